The van der Waals surface area contributed by atoms with E-state index in [1.165, 1.54) is 4.90 Å². The Bertz CT molecular complexity index is 981. The number of benzene rings is 2. The molecular formula is C23H21NO5S. The van der Waals surface area contributed by atoms with Crippen LogP contribution in [0.5, 0.6) is 17.2 Å². The molecule has 6 nitrogen and oxygen atoms in total. The molecule has 1 fully saturated rings. The van der Waals surface area contributed by atoms with Crippen LogP contribution < -0.4 is 14.2 Å². The number of para-hydroxylation sites is 1. The number of hydrogen-bond donors (Lipinski definition) is 0. The molecule has 0 spiro atoms. The molecule has 0 radical (unpaired) electrons. The molecule has 2 aromatic rings. The van der Waals surface area contributed by atoms with E-state index < -0.39 is 0 Å². The lowest BCUT2D eigenvalue weighted by atomic mass is 10.2. The molecular weight excluding hydrogens is 402 g/mol. The first-order valence-electron chi connectivity index (χ1n) is 9.38. The van der Waals surface area contributed by atoms with Gasteiger partial charge in [0.15, 0.2) is 11.5 Å². The number of ether oxygens (including phenoxy) is 3. The van der Waals surface area contributed by atoms with Crippen LogP contribution in [-0.2, 0) is 4.79 Å². The van der Waals surface area contributed by atoms with E-state index >= 15 is 0 Å². The van der Waals surface area contributed by atoms with Crippen LogP contribution >= 0.6 is 11.8 Å². The smallest absolute Gasteiger partial charge is 0.293 e. The number of imide groups is 1. The van der Waals surface area contributed by atoms with E-state index in [2.05, 4.69) is 5.92 Å². The molecule has 0 unspecified atom stereocenters. The van der Waals surface area contributed by atoms with E-state index in [0.717, 1.165) is 17.3 Å². The summed E-state index contributed by atoms with van der Waals surface area (Å²) in [5, 5.41) is -0.318. The number of rotatable bonds is 9. The Kier molecular flexibility index (Phi) is 7.41. The van der Waals surface area contributed by atoms with Crippen molar-refractivity contribution in [3.05, 3.63) is 59.0 Å². The highest BCUT2D eigenvalue weighted by Crippen LogP contribution is 2.34. The van der Waals surface area contributed by atoms with Crippen LogP contribution in [0.4, 0.5) is 4.79 Å². The van der Waals surface area contributed by atoms with Gasteiger partial charge in [0.25, 0.3) is 11.1 Å². The number of carbonyl (C=O) groups excluding carboxylic acids is 2. The van der Waals surface area contributed by atoms with Crippen molar-refractivity contribution in [3.8, 4) is 29.6 Å². The average molecular weight is 423 g/mol. The predicted octanol–water partition coefficient (Wildman–Crippen LogP) is 4.21. The van der Waals surface area contributed by atoms with Gasteiger partial charge in [0.05, 0.1) is 18.1 Å². The Morgan fingerprint density at radius 2 is 1.87 bits per heavy atom. The summed E-state index contributed by atoms with van der Waals surface area (Å²) >= 11 is 0.905. The maximum atomic E-state index is 12.7. The maximum absolute atomic E-state index is 12.7. The number of nitrogens with zero attached hydrogens (tertiary/aromatic N) is 1. The van der Waals surface area contributed by atoms with Gasteiger partial charge in [-0.05, 0) is 54.6 Å². The fraction of sp³-hybridized carbons (Fsp3) is 0.217. The molecule has 30 heavy (non-hydrogen) atoms. The van der Waals surface area contributed by atoms with Gasteiger partial charge in [-0.25, -0.2) is 0 Å². The van der Waals surface area contributed by atoms with Gasteiger partial charge in [0.2, 0.25) is 0 Å². The molecule has 1 aliphatic rings. The minimum atomic E-state index is -0.340. The van der Waals surface area contributed by atoms with Crippen LogP contribution in [0.25, 0.3) is 6.08 Å². The molecule has 7 heteroatoms. The third-order valence-electron chi connectivity index (χ3n) is 4.08. The molecule has 0 N–H and O–H groups in total. The maximum Gasteiger partial charge on any atom is 0.293 e. The van der Waals surface area contributed by atoms with Gasteiger partial charge in [0.1, 0.15) is 19.0 Å². The fourth-order valence-corrected chi connectivity index (χ4v) is 3.60. The Morgan fingerprint density at radius 3 is 2.60 bits per heavy atom. The molecule has 0 aromatic heterocycles. The molecule has 3 rings (SSSR count). The average Bonchev–Trinajstić information content (AvgIpc) is 3.01. The summed E-state index contributed by atoms with van der Waals surface area (Å²) in [7, 11) is 0. The highest BCUT2D eigenvalue weighted by Gasteiger charge is 2.34. The molecule has 0 atom stereocenters. The first-order chi connectivity index (χ1) is 14.6. The van der Waals surface area contributed by atoms with Gasteiger partial charge in [-0.1, -0.05) is 30.2 Å². The van der Waals surface area contributed by atoms with Gasteiger partial charge in [-0.2, -0.15) is 0 Å². The zero-order valence-corrected chi connectivity index (χ0v) is 17.3. The zero-order chi connectivity index (χ0) is 21.3. The summed E-state index contributed by atoms with van der Waals surface area (Å²) < 4.78 is 16.7. The van der Waals surface area contributed by atoms with Crippen LogP contribution in [0, 0.1) is 12.3 Å². The summed E-state index contributed by atoms with van der Waals surface area (Å²) in [6.45, 7) is 2.85. The summed E-state index contributed by atoms with van der Waals surface area (Å²) in [5.74, 6) is 3.81. The Balaban J connectivity index is 1.68. The molecule has 2 amide bonds. The van der Waals surface area contributed by atoms with Crippen molar-refractivity contribution in [2.24, 2.45) is 0 Å². The summed E-state index contributed by atoms with van der Waals surface area (Å²) in [6, 6.07) is 14.5. The molecule has 0 bridgehead atoms. The first kappa shape index (κ1) is 21.3. The standard InChI is InChI=1S/C23H21NO5S/c1-3-13-29-19-11-10-17(15-20(19)27-4-2)16-21-22(25)24(23(26)30-21)12-14-28-18-8-6-5-7-9-18/h1,5-11,15-16H,4,12-14H2,2H3/b21-16-. The van der Waals surface area contributed by atoms with Gasteiger partial charge < -0.3 is 14.2 Å². The second kappa shape index (κ2) is 10.4. The minimum Gasteiger partial charge on any atom is -0.492 e. The van der Waals surface area contributed by atoms with E-state index in [1.54, 1.807) is 24.3 Å². The SMILES string of the molecule is C#CCOc1ccc(/C=C2\SC(=O)N(CCOc3ccccc3)C2=O)cc1OCC. The first-order valence-corrected chi connectivity index (χ1v) is 10.2. The molecule has 2 aromatic carbocycles. The highest BCUT2D eigenvalue weighted by atomic mass is 32.2. The van der Waals surface area contributed by atoms with E-state index in [0.29, 0.717) is 28.8 Å². The fourth-order valence-electron chi connectivity index (χ4n) is 2.74. The minimum absolute atomic E-state index is 0.128. The van der Waals surface area contributed by atoms with Crippen LogP contribution in [0.15, 0.2) is 53.4 Å². The van der Waals surface area contributed by atoms with Crippen LogP contribution in [0.2, 0.25) is 0 Å². The van der Waals surface area contributed by atoms with E-state index in [1.807, 2.05) is 37.3 Å². The normalized spacial score (nSPS) is 14.7. The number of thioether (sulfide) groups is 1. The van der Waals surface area contributed by atoms with E-state index in [-0.39, 0.29) is 30.9 Å². The predicted molar refractivity (Wildman–Crippen MR) is 117 cm³/mol. The lowest BCUT2D eigenvalue weighted by Gasteiger charge is -2.13. The molecule has 1 heterocycles. The molecule has 0 aliphatic carbocycles. The van der Waals surface area contributed by atoms with Gasteiger partial charge in [-0.3, -0.25) is 14.5 Å². The van der Waals surface area contributed by atoms with E-state index in [4.69, 9.17) is 20.6 Å². The Labute approximate surface area is 179 Å². The van der Waals surface area contributed by atoms with E-state index in [9.17, 15) is 9.59 Å². The van der Waals surface area contributed by atoms with Gasteiger partial charge in [0, 0.05) is 0 Å². The topological polar surface area (TPSA) is 65.1 Å². The quantitative estimate of drug-likeness (QED) is 0.445. The molecule has 0 saturated carbocycles. The monoisotopic (exact) mass is 423 g/mol. The third-order valence-corrected chi connectivity index (χ3v) is 4.98. The van der Waals surface area contributed by atoms with Crippen molar-refractivity contribution in [1.29, 1.82) is 0 Å². The van der Waals surface area contributed by atoms with Crippen molar-refractivity contribution in [3.63, 3.8) is 0 Å². The lowest BCUT2D eigenvalue weighted by Crippen LogP contribution is -2.32. The Morgan fingerprint density at radius 1 is 1.07 bits per heavy atom. The lowest BCUT2D eigenvalue weighted by molar-refractivity contribution is -0.123. The summed E-state index contributed by atoms with van der Waals surface area (Å²) in [4.78, 5) is 26.5. The molecule has 1 saturated heterocycles. The third kappa shape index (κ3) is 5.37. The van der Waals surface area contributed by atoms with Crippen LogP contribution in [0.1, 0.15) is 12.5 Å². The van der Waals surface area contributed by atoms with Crippen LogP contribution in [0.3, 0.4) is 0 Å². The van der Waals surface area contributed by atoms with Crippen molar-refractivity contribution in [2.75, 3.05) is 26.4 Å². The van der Waals surface area contributed by atoms with Crippen molar-refractivity contribution >= 4 is 29.0 Å². The zero-order valence-electron chi connectivity index (χ0n) is 16.5. The molecule has 154 valence electrons. The second-order valence-corrected chi connectivity index (χ2v) is 7.12. The summed E-state index contributed by atoms with van der Waals surface area (Å²) in [6.07, 6.45) is 6.90. The van der Waals surface area contributed by atoms with Crippen LogP contribution in [-0.4, -0.2) is 42.4 Å². The highest BCUT2D eigenvalue weighted by molar-refractivity contribution is 8.18. The number of amides is 2. The largest absolute Gasteiger partial charge is 0.492 e. The van der Waals surface area contributed by atoms with Crippen molar-refractivity contribution in [1.82, 2.24) is 4.90 Å². The van der Waals surface area contributed by atoms with Gasteiger partial charge in [-0.15, -0.1) is 6.42 Å². The summed E-state index contributed by atoms with van der Waals surface area (Å²) in [5.41, 5.74) is 0.720. The second-order valence-electron chi connectivity index (χ2n) is 6.13. The number of carbonyl (C=O) groups is 2. The van der Waals surface area contributed by atoms with Crippen molar-refractivity contribution in [2.45, 2.75) is 6.92 Å². The number of hydrogen-bond acceptors (Lipinski definition) is 6. The molecule has 1 aliphatic heterocycles. The Hall–Kier alpha value is -3.37. The van der Waals surface area contributed by atoms with Gasteiger partial charge >= 0.3 is 0 Å². The van der Waals surface area contributed by atoms with Crippen molar-refractivity contribution < 1.29 is 23.8 Å². The number of terminal acetylenes is 1.